The highest BCUT2D eigenvalue weighted by Crippen LogP contribution is 2.16. The van der Waals surface area contributed by atoms with Crippen molar-refractivity contribution in [2.24, 2.45) is 0 Å². The monoisotopic (exact) mass is 396 g/mol. The van der Waals surface area contributed by atoms with E-state index in [2.05, 4.69) is 10.4 Å². The molecule has 6 nitrogen and oxygen atoms in total. The molecule has 0 radical (unpaired) electrons. The highest BCUT2D eigenvalue weighted by Gasteiger charge is 2.14. The number of hydrogen-bond acceptors (Lipinski definition) is 3. The number of carbonyl (C=O) groups is 2. The molecule has 0 fully saturated rings. The summed E-state index contributed by atoms with van der Waals surface area (Å²) in [5.41, 5.74) is 2.31. The van der Waals surface area contributed by atoms with Crippen molar-refractivity contribution >= 4 is 29.1 Å². The predicted octanol–water partition coefficient (Wildman–Crippen LogP) is 4.26. The fraction of sp³-hybridized carbons (Fsp3) is 0.190. The third-order valence-electron chi connectivity index (χ3n) is 4.35. The Morgan fingerprint density at radius 3 is 2.46 bits per heavy atom. The Kier molecular flexibility index (Phi) is 6.11. The van der Waals surface area contributed by atoms with Gasteiger partial charge in [-0.15, -0.1) is 0 Å². The highest BCUT2D eigenvalue weighted by molar-refractivity contribution is 6.30. The van der Waals surface area contributed by atoms with Gasteiger partial charge in [0.25, 0.3) is 11.8 Å². The van der Waals surface area contributed by atoms with Gasteiger partial charge in [-0.25, -0.2) is 4.68 Å². The average molecular weight is 397 g/mol. The second-order valence-electron chi connectivity index (χ2n) is 6.16. The Hall–Kier alpha value is -3.12. The molecule has 0 aliphatic rings. The number of aromatic nitrogens is 2. The van der Waals surface area contributed by atoms with Crippen LogP contribution < -0.4 is 5.32 Å². The fourth-order valence-corrected chi connectivity index (χ4v) is 2.93. The van der Waals surface area contributed by atoms with Crippen molar-refractivity contribution in [3.8, 4) is 5.69 Å². The molecule has 28 heavy (non-hydrogen) atoms. The lowest BCUT2D eigenvalue weighted by atomic mass is 10.1. The van der Waals surface area contributed by atoms with E-state index in [1.54, 1.807) is 52.2 Å². The molecule has 7 heteroatoms. The topological polar surface area (TPSA) is 67.2 Å². The molecule has 0 bridgehead atoms. The Morgan fingerprint density at radius 2 is 1.79 bits per heavy atom. The summed E-state index contributed by atoms with van der Waals surface area (Å²) in [5, 5.41) is 7.67. The lowest BCUT2D eigenvalue weighted by Gasteiger charge is -2.18. The van der Waals surface area contributed by atoms with Gasteiger partial charge in [0.2, 0.25) is 0 Å². The molecule has 1 N–H and O–H groups in total. The minimum atomic E-state index is -0.298. The Bertz CT molecular complexity index is 978. The minimum Gasteiger partial charge on any atom is -0.339 e. The van der Waals surface area contributed by atoms with Crippen molar-refractivity contribution in [3.63, 3.8) is 0 Å². The van der Waals surface area contributed by atoms with Crippen LogP contribution in [0.5, 0.6) is 0 Å². The Labute approximate surface area is 168 Å². The van der Waals surface area contributed by atoms with E-state index in [0.29, 0.717) is 34.9 Å². The van der Waals surface area contributed by atoms with E-state index in [-0.39, 0.29) is 11.8 Å². The van der Waals surface area contributed by atoms with Crippen molar-refractivity contribution in [2.45, 2.75) is 13.8 Å². The lowest BCUT2D eigenvalue weighted by molar-refractivity contribution is 0.0772. The van der Waals surface area contributed by atoms with Crippen molar-refractivity contribution < 1.29 is 9.59 Å². The first-order valence-corrected chi connectivity index (χ1v) is 9.41. The van der Waals surface area contributed by atoms with Crippen LogP contribution in [-0.4, -0.2) is 39.6 Å². The SMILES string of the molecule is CCN(CC)C(=O)c1cccc(NC(=O)c2cnn(-c3ccc(Cl)cc3)c2)c1. The number of anilines is 1. The maximum Gasteiger partial charge on any atom is 0.258 e. The summed E-state index contributed by atoms with van der Waals surface area (Å²) in [6.07, 6.45) is 3.14. The predicted molar refractivity (Wildman–Crippen MR) is 110 cm³/mol. The quantitative estimate of drug-likeness (QED) is 0.676. The van der Waals surface area contributed by atoms with Gasteiger partial charge in [0.05, 0.1) is 17.4 Å². The van der Waals surface area contributed by atoms with Gasteiger partial charge < -0.3 is 10.2 Å². The summed E-state index contributed by atoms with van der Waals surface area (Å²) in [6, 6.07) is 14.1. The highest BCUT2D eigenvalue weighted by atomic mass is 35.5. The summed E-state index contributed by atoms with van der Waals surface area (Å²) >= 11 is 5.90. The van der Waals surface area contributed by atoms with Gasteiger partial charge in [0, 0.05) is 35.6 Å². The third kappa shape index (κ3) is 4.40. The van der Waals surface area contributed by atoms with Crippen molar-refractivity contribution in [2.75, 3.05) is 18.4 Å². The smallest absolute Gasteiger partial charge is 0.258 e. The first-order valence-electron chi connectivity index (χ1n) is 9.03. The van der Waals surface area contributed by atoms with Crippen LogP contribution >= 0.6 is 11.6 Å². The molecule has 0 aliphatic carbocycles. The van der Waals surface area contributed by atoms with Crippen LogP contribution in [0.3, 0.4) is 0 Å². The average Bonchev–Trinajstić information content (AvgIpc) is 3.20. The molecular weight excluding hydrogens is 376 g/mol. The fourth-order valence-electron chi connectivity index (χ4n) is 2.80. The molecule has 0 atom stereocenters. The van der Waals surface area contributed by atoms with Crippen LogP contribution in [0.1, 0.15) is 34.6 Å². The molecular formula is C21H21ClN4O2. The molecule has 0 saturated heterocycles. The van der Waals surface area contributed by atoms with Crippen LogP contribution in [0.2, 0.25) is 5.02 Å². The molecule has 0 spiro atoms. The molecule has 0 saturated carbocycles. The van der Waals surface area contributed by atoms with Crippen molar-refractivity contribution in [1.29, 1.82) is 0 Å². The summed E-state index contributed by atoms with van der Waals surface area (Å²) in [6.45, 7) is 5.14. The van der Waals surface area contributed by atoms with Crippen LogP contribution in [0.15, 0.2) is 60.9 Å². The van der Waals surface area contributed by atoms with E-state index in [9.17, 15) is 9.59 Å². The van der Waals surface area contributed by atoms with Crippen LogP contribution in [0, 0.1) is 0 Å². The zero-order valence-electron chi connectivity index (χ0n) is 15.7. The standard InChI is InChI=1S/C21H21ClN4O2/c1-3-25(4-2)21(28)15-6-5-7-18(12-15)24-20(27)16-13-23-26(14-16)19-10-8-17(22)9-11-19/h5-14H,3-4H2,1-2H3,(H,24,27). The number of rotatable bonds is 6. The first kappa shape index (κ1) is 19.6. The maximum atomic E-state index is 12.6. The van der Waals surface area contributed by atoms with Gasteiger partial charge in [-0.05, 0) is 56.3 Å². The van der Waals surface area contributed by atoms with Crippen LogP contribution in [0.25, 0.3) is 5.69 Å². The molecule has 0 aliphatic heterocycles. The largest absolute Gasteiger partial charge is 0.339 e. The van der Waals surface area contributed by atoms with E-state index in [1.165, 1.54) is 6.20 Å². The second kappa shape index (κ2) is 8.71. The van der Waals surface area contributed by atoms with E-state index in [4.69, 9.17) is 11.6 Å². The first-order chi connectivity index (χ1) is 13.5. The van der Waals surface area contributed by atoms with Crippen LogP contribution in [-0.2, 0) is 0 Å². The molecule has 1 aromatic heterocycles. The molecule has 2 amide bonds. The lowest BCUT2D eigenvalue weighted by Crippen LogP contribution is -2.30. The van der Waals surface area contributed by atoms with E-state index < -0.39 is 0 Å². The van der Waals surface area contributed by atoms with Gasteiger partial charge in [0.15, 0.2) is 0 Å². The summed E-state index contributed by atoms with van der Waals surface area (Å²) in [4.78, 5) is 26.8. The zero-order chi connectivity index (χ0) is 20.1. The molecule has 3 rings (SSSR count). The molecule has 1 heterocycles. The van der Waals surface area contributed by atoms with Gasteiger partial charge in [-0.3, -0.25) is 9.59 Å². The molecule has 2 aromatic carbocycles. The summed E-state index contributed by atoms with van der Waals surface area (Å²) in [7, 11) is 0. The zero-order valence-corrected chi connectivity index (χ0v) is 16.5. The molecule has 3 aromatic rings. The number of carbonyl (C=O) groups excluding carboxylic acids is 2. The molecule has 0 unspecified atom stereocenters. The van der Waals surface area contributed by atoms with Gasteiger partial charge in [0.1, 0.15) is 0 Å². The van der Waals surface area contributed by atoms with Gasteiger partial charge in [-0.2, -0.15) is 5.10 Å². The van der Waals surface area contributed by atoms with Crippen molar-refractivity contribution in [1.82, 2.24) is 14.7 Å². The Balaban J connectivity index is 1.74. The summed E-state index contributed by atoms with van der Waals surface area (Å²) < 4.78 is 1.60. The second-order valence-corrected chi connectivity index (χ2v) is 6.60. The minimum absolute atomic E-state index is 0.0587. The number of nitrogens with zero attached hydrogens (tertiary/aromatic N) is 3. The number of hydrogen-bond donors (Lipinski definition) is 1. The number of benzene rings is 2. The maximum absolute atomic E-state index is 12.6. The van der Waals surface area contributed by atoms with E-state index in [1.807, 2.05) is 26.0 Å². The number of amides is 2. The Morgan fingerprint density at radius 1 is 1.07 bits per heavy atom. The number of halogens is 1. The third-order valence-corrected chi connectivity index (χ3v) is 4.61. The van der Waals surface area contributed by atoms with E-state index >= 15 is 0 Å². The van der Waals surface area contributed by atoms with Crippen molar-refractivity contribution in [3.05, 3.63) is 77.1 Å². The summed E-state index contributed by atoms with van der Waals surface area (Å²) in [5.74, 6) is -0.357. The van der Waals surface area contributed by atoms with Crippen LogP contribution in [0.4, 0.5) is 5.69 Å². The van der Waals surface area contributed by atoms with E-state index in [0.717, 1.165) is 5.69 Å². The number of nitrogens with one attached hydrogen (secondary N) is 1. The molecule has 144 valence electrons. The normalized spacial score (nSPS) is 10.5. The van der Waals surface area contributed by atoms with Gasteiger partial charge in [-0.1, -0.05) is 17.7 Å². The van der Waals surface area contributed by atoms with Gasteiger partial charge >= 0.3 is 0 Å².